The fraction of sp³-hybridized carbons (Fsp3) is 0.214. The molecule has 0 radical (unpaired) electrons. The fourth-order valence-electron chi connectivity index (χ4n) is 1.69. The number of hydrogen-bond donors (Lipinski definition) is 2. The minimum absolute atomic E-state index is 0.260. The maximum atomic E-state index is 13.1. The lowest BCUT2D eigenvalue weighted by Crippen LogP contribution is -2.31. The Hall–Kier alpha value is -2.30. The lowest BCUT2D eigenvalue weighted by Gasteiger charge is -2.13. The van der Waals surface area contributed by atoms with Gasteiger partial charge in [-0.25, -0.2) is 9.18 Å². The highest BCUT2D eigenvalue weighted by atomic mass is 19.1. The van der Waals surface area contributed by atoms with E-state index in [9.17, 15) is 9.18 Å². The highest BCUT2D eigenvalue weighted by Crippen LogP contribution is 2.17. The molecule has 0 fully saturated rings. The summed E-state index contributed by atoms with van der Waals surface area (Å²) >= 11 is 0. The third kappa shape index (κ3) is 3.34. The van der Waals surface area contributed by atoms with Crippen LogP contribution in [0, 0.1) is 12.7 Å². The number of benzene rings is 1. The van der Waals surface area contributed by atoms with Crippen molar-refractivity contribution in [2.75, 3.05) is 5.32 Å². The molecule has 1 unspecified atom stereocenters. The zero-order valence-electron chi connectivity index (χ0n) is 10.7. The van der Waals surface area contributed by atoms with Gasteiger partial charge in [0.2, 0.25) is 0 Å². The number of halogens is 1. The van der Waals surface area contributed by atoms with E-state index in [-0.39, 0.29) is 11.9 Å². The zero-order valence-corrected chi connectivity index (χ0v) is 10.7. The lowest BCUT2D eigenvalue weighted by molar-refractivity contribution is 0.247. The lowest BCUT2D eigenvalue weighted by atomic mass is 10.2. The van der Waals surface area contributed by atoms with Crippen molar-refractivity contribution in [2.45, 2.75) is 19.9 Å². The number of furan rings is 1. The summed E-state index contributed by atoms with van der Waals surface area (Å²) in [5.41, 5.74) is 1.24. The molecule has 4 nitrogen and oxygen atoms in total. The van der Waals surface area contributed by atoms with Crippen LogP contribution < -0.4 is 10.6 Å². The van der Waals surface area contributed by atoms with E-state index in [1.807, 2.05) is 0 Å². The van der Waals surface area contributed by atoms with Gasteiger partial charge in [0.15, 0.2) is 0 Å². The minimum Gasteiger partial charge on any atom is -0.467 e. The molecule has 0 spiro atoms. The molecule has 1 heterocycles. The normalized spacial score (nSPS) is 11.9. The minimum atomic E-state index is -0.405. The highest BCUT2D eigenvalue weighted by Gasteiger charge is 2.12. The number of nitrogens with one attached hydrogen (secondary N) is 2. The van der Waals surface area contributed by atoms with Gasteiger partial charge in [0.1, 0.15) is 11.6 Å². The van der Waals surface area contributed by atoms with Crippen LogP contribution in [-0.4, -0.2) is 6.03 Å². The maximum Gasteiger partial charge on any atom is 0.319 e. The van der Waals surface area contributed by atoms with Crippen molar-refractivity contribution in [3.63, 3.8) is 0 Å². The molecule has 100 valence electrons. The molecule has 0 aliphatic rings. The van der Waals surface area contributed by atoms with Gasteiger partial charge < -0.3 is 15.1 Å². The van der Waals surface area contributed by atoms with Crippen LogP contribution in [0.3, 0.4) is 0 Å². The molecule has 2 rings (SSSR count). The number of hydrogen-bond acceptors (Lipinski definition) is 2. The number of carbonyl (C=O) groups excluding carboxylic acids is 1. The first-order valence-corrected chi connectivity index (χ1v) is 5.93. The van der Waals surface area contributed by atoms with E-state index < -0.39 is 6.03 Å². The number of anilines is 1. The van der Waals surface area contributed by atoms with Crippen molar-refractivity contribution in [3.8, 4) is 0 Å². The number of carbonyl (C=O) groups is 1. The molecule has 5 heteroatoms. The molecule has 0 bridgehead atoms. The van der Waals surface area contributed by atoms with Crippen LogP contribution in [0.5, 0.6) is 0 Å². The van der Waals surface area contributed by atoms with Crippen LogP contribution in [0.15, 0.2) is 41.0 Å². The summed E-state index contributed by atoms with van der Waals surface area (Å²) in [5, 5.41) is 5.32. The predicted molar refractivity (Wildman–Crippen MR) is 70.4 cm³/mol. The molecular weight excluding hydrogens is 247 g/mol. The van der Waals surface area contributed by atoms with Gasteiger partial charge in [0, 0.05) is 5.69 Å². The van der Waals surface area contributed by atoms with Gasteiger partial charge in [-0.1, -0.05) is 6.07 Å². The van der Waals surface area contributed by atoms with Crippen LogP contribution in [-0.2, 0) is 0 Å². The Morgan fingerprint density at radius 1 is 1.37 bits per heavy atom. The van der Waals surface area contributed by atoms with Gasteiger partial charge in [0.05, 0.1) is 12.3 Å². The highest BCUT2D eigenvalue weighted by molar-refractivity contribution is 5.90. The quantitative estimate of drug-likeness (QED) is 0.887. The molecule has 19 heavy (non-hydrogen) atoms. The molecular formula is C14H15FN2O2. The fourth-order valence-corrected chi connectivity index (χ4v) is 1.69. The largest absolute Gasteiger partial charge is 0.467 e. The summed E-state index contributed by atoms with van der Waals surface area (Å²) < 4.78 is 18.3. The average Bonchev–Trinajstić information content (AvgIpc) is 2.87. The van der Waals surface area contributed by atoms with Gasteiger partial charge >= 0.3 is 6.03 Å². The van der Waals surface area contributed by atoms with E-state index >= 15 is 0 Å². The molecule has 0 aliphatic heterocycles. The van der Waals surface area contributed by atoms with Crippen molar-refractivity contribution < 1.29 is 13.6 Å². The Labute approximate surface area is 110 Å². The van der Waals surface area contributed by atoms with Gasteiger partial charge in [-0.3, -0.25) is 0 Å². The smallest absolute Gasteiger partial charge is 0.319 e. The second kappa shape index (κ2) is 5.56. The Kier molecular flexibility index (Phi) is 3.85. The standard InChI is InChI=1S/C14H15FN2O2/c1-9-5-6-11(15)8-12(9)17-14(18)16-10(2)13-4-3-7-19-13/h3-8,10H,1-2H3,(H2,16,17,18). The van der Waals surface area contributed by atoms with Crippen molar-refractivity contribution in [3.05, 3.63) is 53.7 Å². The van der Waals surface area contributed by atoms with Crippen molar-refractivity contribution in [1.82, 2.24) is 5.32 Å². The van der Waals surface area contributed by atoms with Gasteiger partial charge in [-0.15, -0.1) is 0 Å². The Morgan fingerprint density at radius 3 is 2.84 bits per heavy atom. The Morgan fingerprint density at radius 2 is 2.16 bits per heavy atom. The number of urea groups is 1. The average molecular weight is 262 g/mol. The SMILES string of the molecule is Cc1ccc(F)cc1NC(=O)NC(C)c1ccco1. The molecule has 0 saturated heterocycles. The summed E-state index contributed by atoms with van der Waals surface area (Å²) in [6.45, 7) is 3.60. The maximum absolute atomic E-state index is 13.1. The van der Waals surface area contributed by atoms with E-state index in [2.05, 4.69) is 10.6 Å². The van der Waals surface area contributed by atoms with Crippen molar-refractivity contribution in [1.29, 1.82) is 0 Å². The molecule has 0 aliphatic carbocycles. The number of amides is 2. The van der Waals surface area contributed by atoms with Crippen LogP contribution >= 0.6 is 0 Å². The van der Waals surface area contributed by atoms with E-state index in [4.69, 9.17) is 4.42 Å². The summed E-state index contributed by atoms with van der Waals surface area (Å²) in [6.07, 6.45) is 1.54. The van der Waals surface area contributed by atoms with Gasteiger partial charge in [-0.2, -0.15) is 0 Å². The second-order valence-corrected chi connectivity index (χ2v) is 4.29. The molecule has 2 aromatic rings. The predicted octanol–water partition coefficient (Wildman–Crippen LogP) is 3.61. The first-order chi connectivity index (χ1) is 9.06. The molecule has 1 aromatic carbocycles. The Bertz CT molecular complexity index is 567. The molecule has 1 atom stereocenters. The van der Waals surface area contributed by atoms with Crippen LogP contribution in [0.1, 0.15) is 24.3 Å². The van der Waals surface area contributed by atoms with Gasteiger partial charge in [-0.05, 0) is 43.7 Å². The first kappa shape index (κ1) is 13.1. The molecule has 2 amide bonds. The zero-order chi connectivity index (χ0) is 13.8. The number of rotatable bonds is 3. The second-order valence-electron chi connectivity index (χ2n) is 4.29. The van der Waals surface area contributed by atoms with Crippen LogP contribution in [0.4, 0.5) is 14.9 Å². The van der Waals surface area contributed by atoms with E-state index in [0.29, 0.717) is 11.4 Å². The molecule has 0 saturated carbocycles. The third-order valence-electron chi connectivity index (χ3n) is 2.77. The summed E-state index contributed by atoms with van der Waals surface area (Å²) in [4.78, 5) is 11.8. The molecule has 2 N–H and O–H groups in total. The first-order valence-electron chi connectivity index (χ1n) is 5.93. The van der Waals surface area contributed by atoms with Crippen molar-refractivity contribution in [2.24, 2.45) is 0 Å². The van der Waals surface area contributed by atoms with Crippen LogP contribution in [0.2, 0.25) is 0 Å². The molecule has 1 aromatic heterocycles. The number of aryl methyl sites for hydroxylation is 1. The van der Waals surface area contributed by atoms with Crippen LogP contribution in [0.25, 0.3) is 0 Å². The topological polar surface area (TPSA) is 54.3 Å². The summed E-state index contributed by atoms with van der Waals surface area (Å²) in [5.74, 6) is 0.270. The van der Waals surface area contributed by atoms with Crippen molar-refractivity contribution >= 4 is 11.7 Å². The monoisotopic (exact) mass is 262 g/mol. The van der Waals surface area contributed by atoms with E-state index in [1.54, 1.807) is 38.3 Å². The van der Waals surface area contributed by atoms with E-state index in [0.717, 1.165) is 5.56 Å². The van der Waals surface area contributed by atoms with Gasteiger partial charge in [0.25, 0.3) is 0 Å². The van der Waals surface area contributed by atoms with E-state index in [1.165, 1.54) is 12.1 Å². The Balaban J connectivity index is 1.99. The third-order valence-corrected chi connectivity index (χ3v) is 2.77. The summed E-state index contributed by atoms with van der Waals surface area (Å²) in [6, 6.07) is 7.11. The summed E-state index contributed by atoms with van der Waals surface area (Å²) in [7, 11) is 0.